The maximum Gasteiger partial charge on any atom is 0.328 e. The predicted molar refractivity (Wildman–Crippen MR) is 86.9 cm³/mol. The molecule has 23 heavy (non-hydrogen) atoms. The van der Waals surface area contributed by atoms with Gasteiger partial charge in [-0.25, -0.2) is 9.78 Å². The standard InChI is InChI=1S/C15H12N4O3S/c20-13(18-12-5-1-2-6-16-12)11-8-17-15(22)19(14(11)21)9-10-4-3-7-23-10/h1-8H,9H2,(H,17,22)(H,16,18,20). The Balaban J connectivity index is 1.93. The number of aromatic nitrogens is 3. The van der Waals surface area contributed by atoms with Crippen molar-refractivity contribution in [2.24, 2.45) is 0 Å². The molecule has 3 aromatic heterocycles. The highest BCUT2D eigenvalue weighted by molar-refractivity contribution is 7.09. The monoisotopic (exact) mass is 328 g/mol. The lowest BCUT2D eigenvalue weighted by atomic mass is 10.3. The number of rotatable bonds is 4. The van der Waals surface area contributed by atoms with Gasteiger partial charge in [-0.2, -0.15) is 0 Å². The number of H-pyrrole nitrogens is 1. The number of thiophene rings is 1. The molecule has 0 aliphatic carbocycles. The maximum absolute atomic E-state index is 12.4. The number of nitrogens with one attached hydrogen (secondary N) is 2. The first-order chi connectivity index (χ1) is 11.1. The smallest absolute Gasteiger partial charge is 0.313 e. The lowest BCUT2D eigenvalue weighted by molar-refractivity contribution is 0.102. The molecule has 0 fully saturated rings. The van der Waals surface area contributed by atoms with Crippen LogP contribution in [0.5, 0.6) is 0 Å². The summed E-state index contributed by atoms with van der Waals surface area (Å²) in [7, 11) is 0. The van der Waals surface area contributed by atoms with Crippen LogP contribution in [-0.2, 0) is 6.54 Å². The molecule has 3 rings (SSSR count). The molecule has 7 nitrogen and oxygen atoms in total. The second-order valence-corrected chi connectivity index (χ2v) is 5.68. The molecular weight excluding hydrogens is 316 g/mol. The van der Waals surface area contributed by atoms with Gasteiger partial charge in [0.25, 0.3) is 11.5 Å². The molecule has 0 bridgehead atoms. The summed E-state index contributed by atoms with van der Waals surface area (Å²) in [6.07, 6.45) is 2.64. The zero-order valence-corrected chi connectivity index (χ0v) is 12.7. The second kappa shape index (κ2) is 6.41. The topological polar surface area (TPSA) is 96.8 Å². The molecule has 0 saturated carbocycles. The van der Waals surface area contributed by atoms with E-state index in [0.717, 1.165) is 15.6 Å². The van der Waals surface area contributed by atoms with Crippen LogP contribution >= 0.6 is 11.3 Å². The van der Waals surface area contributed by atoms with Crippen molar-refractivity contribution in [2.75, 3.05) is 5.32 Å². The number of hydrogen-bond donors (Lipinski definition) is 2. The quantitative estimate of drug-likeness (QED) is 0.754. The van der Waals surface area contributed by atoms with E-state index in [1.54, 1.807) is 18.2 Å². The average Bonchev–Trinajstić information content (AvgIpc) is 3.05. The lowest BCUT2D eigenvalue weighted by Crippen LogP contribution is -2.39. The third-order valence-electron chi connectivity index (χ3n) is 3.11. The first-order valence-corrected chi connectivity index (χ1v) is 7.60. The predicted octanol–water partition coefficient (Wildman–Crippen LogP) is 1.29. The number of carbonyl (C=O) groups is 1. The van der Waals surface area contributed by atoms with Crippen LogP contribution in [-0.4, -0.2) is 20.4 Å². The molecule has 116 valence electrons. The van der Waals surface area contributed by atoms with Gasteiger partial charge in [0.1, 0.15) is 11.4 Å². The number of nitrogens with zero attached hydrogens (tertiary/aromatic N) is 2. The largest absolute Gasteiger partial charge is 0.328 e. The van der Waals surface area contributed by atoms with Gasteiger partial charge in [-0.3, -0.25) is 14.2 Å². The Morgan fingerprint density at radius 3 is 2.83 bits per heavy atom. The zero-order chi connectivity index (χ0) is 16.2. The van der Waals surface area contributed by atoms with Crippen LogP contribution in [0.2, 0.25) is 0 Å². The normalized spacial score (nSPS) is 10.4. The summed E-state index contributed by atoms with van der Waals surface area (Å²) >= 11 is 1.43. The van der Waals surface area contributed by atoms with Crippen LogP contribution in [0.4, 0.5) is 5.82 Å². The molecule has 0 unspecified atom stereocenters. The van der Waals surface area contributed by atoms with Crippen LogP contribution < -0.4 is 16.6 Å². The molecule has 0 aliphatic rings. The molecule has 3 aromatic rings. The highest BCUT2D eigenvalue weighted by atomic mass is 32.1. The van der Waals surface area contributed by atoms with Crippen molar-refractivity contribution in [3.63, 3.8) is 0 Å². The average molecular weight is 328 g/mol. The molecule has 0 saturated heterocycles. The molecule has 0 radical (unpaired) electrons. The van der Waals surface area contributed by atoms with E-state index in [1.165, 1.54) is 17.5 Å². The molecule has 0 atom stereocenters. The Hall–Kier alpha value is -3.00. The zero-order valence-electron chi connectivity index (χ0n) is 11.9. The molecule has 2 N–H and O–H groups in total. The van der Waals surface area contributed by atoms with E-state index in [-0.39, 0.29) is 12.1 Å². The van der Waals surface area contributed by atoms with Crippen LogP contribution in [0.3, 0.4) is 0 Å². The summed E-state index contributed by atoms with van der Waals surface area (Å²) in [6, 6.07) is 8.68. The third-order valence-corrected chi connectivity index (χ3v) is 3.97. The number of hydrogen-bond acceptors (Lipinski definition) is 5. The Bertz CT molecular complexity index is 929. The molecule has 3 heterocycles. The van der Waals surface area contributed by atoms with Crippen molar-refractivity contribution in [3.8, 4) is 0 Å². The fourth-order valence-electron chi connectivity index (χ4n) is 2.00. The number of amides is 1. The molecular formula is C15H12N4O3S. The van der Waals surface area contributed by atoms with E-state index in [1.807, 2.05) is 17.5 Å². The van der Waals surface area contributed by atoms with Gasteiger partial charge in [-0.05, 0) is 23.6 Å². The fourth-order valence-corrected chi connectivity index (χ4v) is 2.69. The molecule has 1 amide bonds. The minimum Gasteiger partial charge on any atom is -0.313 e. The lowest BCUT2D eigenvalue weighted by Gasteiger charge is -2.06. The van der Waals surface area contributed by atoms with Crippen molar-refractivity contribution in [3.05, 3.63) is 79.4 Å². The van der Waals surface area contributed by atoms with Crippen LogP contribution in [0.15, 0.2) is 57.7 Å². The van der Waals surface area contributed by atoms with Gasteiger partial charge in [0.05, 0.1) is 6.54 Å². The van der Waals surface area contributed by atoms with Gasteiger partial charge in [0, 0.05) is 17.3 Å². The number of pyridine rings is 1. The highest BCUT2D eigenvalue weighted by Crippen LogP contribution is 2.08. The van der Waals surface area contributed by atoms with Crippen LogP contribution in [0.25, 0.3) is 0 Å². The summed E-state index contributed by atoms with van der Waals surface area (Å²) in [5, 5.41) is 4.38. The van der Waals surface area contributed by atoms with Gasteiger partial charge in [0.2, 0.25) is 0 Å². The van der Waals surface area contributed by atoms with Gasteiger partial charge in [-0.15, -0.1) is 11.3 Å². The van der Waals surface area contributed by atoms with E-state index in [4.69, 9.17) is 0 Å². The molecule has 0 spiro atoms. The minimum absolute atomic E-state index is 0.122. The van der Waals surface area contributed by atoms with Crippen LogP contribution in [0.1, 0.15) is 15.2 Å². The summed E-state index contributed by atoms with van der Waals surface area (Å²) in [5.41, 5.74) is -1.35. The Labute approximate surface area is 134 Å². The molecule has 0 aromatic carbocycles. The summed E-state index contributed by atoms with van der Waals surface area (Å²) < 4.78 is 0.999. The molecule has 0 aliphatic heterocycles. The first kappa shape index (κ1) is 14.9. The van der Waals surface area contributed by atoms with Crippen molar-refractivity contribution >= 4 is 23.1 Å². The van der Waals surface area contributed by atoms with Gasteiger partial charge in [-0.1, -0.05) is 12.1 Å². The third kappa shape index (κ3) is 3.27. The molecule has 8 heteroatoms. The van der Waals surface area contributed by atoms with Gasteiger partial charge >= 0.3 is 5.69 Å². The van der Waals surface area contributed by atoms with Crippen molar-refractivity contribution in [1.82, 2.24) is 14.5 Å². The van der Waals surface area contributed by atoms with Crippen molar-refractivity contribution < 1.29 is 4.79 Å². The highest BCUT2D eigenvalue weighted by Gasteiger charge is 2.15. The van der Waals surface area contributed by atoms with E-state index in [2.05, 4.69) is 15.3 Å². The van der Waals surface area contributed by atoms with Crippen molar-refractivity contribution in [2.45, 2.75) is 6.54 Å². The Kier molecular flexibility index (Phi) is 4.15. The summed E-state index contributed by atoms with van der Waals surface area (Å²) in [6.45, 7) is 0.122. The van der Waals surface area contributed by atoms with E-state index >= 15 is 0 Å². The van der Waals surface area contributed by atoms with E-state index in [0.29, 0.717) is 5.82 Å². The van der Waals surface area contributed by atoms with Gasteiger partial charge < -0.3 is 10.3 Å². The maximum atomic E-state index is 12.4. The number of aromatic amines is 1. The minimum atomic E-state index is -0.643. The Morgan fingerprint density at radius 1 is 1.26 bits per heavy atom. The van der Waals surface area contributed by atoms with Gasteiger partial charge in [0.15, 0.2) is 0 Å². The SMILES string of the molecule is O=C(Nc1ccccn1)c1c[nH]c(=O)n(Cc2cccs2)c1=O. The number of carbonyl (C=O) groups excluding carboxylic acids is 1. The van der Waals surface area contributed by atoms with Crippen molar-refractivity contribution in [1.29, 1.82) is 0 Å². The van der Waals surface area contributed by atoms with Crippen LogP contribution in [0, 0.1) is 0 Å². The Morgan fingerprint density at radius 2 is 2.13 bits per heavy atom. The van der Waals surface area contributed by atoms with E-state index in [9.17, 15) is 14.4 Å². The fraction of sp³-hybridized carbons (Fsp3) is 0.0667. The van der Waals surface area contributed by atoms with E-state index < -0.39 is 17.2 Å². The summed E-state index contributed by atoms with van der Waals surface area (Å²) in [5.74, 6) is -0.294. The number of anilines is 1. The summed E-state index contributed by atoms with van der Waals surface area (Å²) in [4.78, 5) is 43.7. The second-order valence-electron chi connectivity index (χ2n) is 4.65. The first-order valence-electron chi connectivity index (χ1n) is 6.72.